The van der Waals surface area contributed by atoms with E-state index in [4.69, 9.17) is 4.74 Å². The van der Waals surface area contributed by atoms with Gasteiger partial charge in [0.25, 0.3) is 5.91 Å². The summed E-state index contributed by atoms with van der Waals surface area (Å²) in [6.07, 6.45) is 0. The number of rotatable bonds is 4. The highest BCUT2D eigenvalue weighted by Gasteiger charge is 2.27. The Morgan fingerprint density at radius 2 is 2.21 bits per heavy atom. The minimum Gasteiger partial charge on any atom is -0.486 e. The molecular formula is C17H20FN3O2S. The van der Waals surface area contributed by atoms with Gasteiger partial charge in [-0.3, -0.25) is 4.79 Å². The van der Waals surface area contributed by atoms with Crippen LogP contribution in [0.15, 0.2) is 24.3 Å². The smallest absolute Gasteiger partial charge is 0.266 e. The van der Waals surface area contributed by atoms with Gasteiger partial charge in [0.1, 0.15) is 28.1 Å². The summed E-state index contributed by atoms with van der Waals surface area (Å²) in [7, 11) is 0. The van der Waals surface area contributed by atoms with Crippen LogP contribution in [0.2, 0.25) is 0 Å². The Labute approximate surface area is 144 Å². The monoisotopic (exact) mass is 349 g/mol. The number of carbonyl (C=O) groups excluding carboxylic acids is 1. The van der Waals surface area contributed by atoms with E-state index in [2.05, 4.69) is 10.3 Å². The molecule has 1 saturated heterocycles. The fourth-order valence-corrected chi connectivity index (χ4v) is 3.60. The second-order valence-electron chi connectivity index (χ2n) is 5.82. The minimum absolute atomic E-state index is 0.0343. The average molecular weight is 349 g/mol. The lowest BCUT2D eigenvalue weighted by molar-refractivity contribution is 0.0660. The third-order valence-electron chi connectivity index (χ3n) is 3.97. The molecule has 3 rings (SSSR count). The van der Waals surface area contributed by atoms with Gasteiger partial charge in [-0.25, -0.2) is 9.37 Å². The zero-order chi connectivity index (χ0) is 17.1. The van der Waals surface area contributed by atoms with Crippen molar-refractivity contribution in [1.82, 2.24) is 15.2 Å². The summed E-state index contributed by atoms with van der Waals surface area (Å²) < 4.78 is 18.5. The molecule has 5 nitrogen and oxygen atoms in total. The molecule has 2 heterocycles. The number of aryl methyl sites for hydroxylation is 1. The van der Waals surface area contributed by atoms with Gasteiger partial charge in [-0.15, -0.1) is 11.3 Å². The SMILES string of the molecule is Cc1nc(COc2ccc(F)cc2)sc1C(=O)N1CCNCC1C. The Morgan fingerprint density at radius 3 is 2.92 bits per heavy atom. The van der Waals surface area contributed by atoms with Crippen LogP contribution >= 0.6 is 11.3 Å². The molecule has 0 aliphatic carbocycles. The van der Waals surface area contributed by atoms with Crippen molar-refractivity contribution in [2.45, 2.75) is 26.5 Å². The summed E-state index contributed by atoms with van der Waals surface area (Å²) in [5.41, 5.74) is 0.730. The Bertz CT molecular complexity index is 717. The highest BCUT2D eigenvalue weighted by atomic mass is 32.1. The molecule has 1 amide bonds. The molecule has 0 radical (unpaired) electrons. The lowest BCUT2D eigenvalue weighted by atomic mass is 10.2. The van der Waals surface area contributed by atoms with Crippen LogP contribution < -0.4 is 10.1 Å². The first-order valence-corrected chi connectivity index (χ1v) is 8.72. The third-order valence-corrected chi connectivity index (χ3v) is 5.09. The highest BCUT2D eigenvalue weighted by molar-refractivity contribution is 7.13. The molecule has 1 aliphatic heterocycles. The first-order chi connectivity index (χ1) is 11.5. The number of hydrogen-bond acceptors (Lipinski definition) is 5. The highest BCUT2D eigenvalue weighted by Crippen LogP contribution is 2.23. The quantitative estimate of drug-likeness (QED) is 0.922. The summed E-state index contributed by atoms with van der Waals surface area (Å²) >= 11 is 1.36. The molecule has 1 fully saturated rings. The van der Waals surface area contributed by atoms with Gasteiger partial charge >= 0.3 is 0 Å². The fraction of sp³-hybridized carbons (Fsp3) is 0.412. The Kier molecular flexibility index (Phi) is 5.11. The topological polar surface area (TPSA) is 54.5 Å². The summed E-state index contributed by atoms with van der Waals surface area (Å²) in [5.74, 6) is 0.311. The predicted molar refractivity (Wildman–Crippen MR) is 91.0 cm³/mol. The lowest BCUT2D eigenvalue weighted by Gasteiger charge is -2.33. The van der Waals surface area contributed by atoms with Gasteiger partial charge in [0.05, 0.1) is 5.69 Å². The van der Waals surface area contributed by atoms with Crippen LogP contribution in [0.5, 0.6) is 5.75 Å². The van der Waals surface area contributed by atoms with Gasteiger partial charge in [0.15, 0.2) is 0 Å². The van der Waals surface area contributed by atoms with E-state index < -0.39 is 0 Å². The number of aromatic nitrogens is 1. The summed E-state index contributed by atoms with van der Waals surface area (Å²) in [5, 5.41) is 4.02. The number of piperazine rings is 1. The fourth-order valence-electron chi connectivity index (χ4n) is 2.66. The predicted octanol–water partition coefficient (Wildman–Crippen LogP) is 2.60. The van der Waals surface area contributed by atoms with Gasteiger partial charge in [-0.1, -0.05) is 0 Å². The maximum absolute atomic E-state index is 12.9. The molecule has 1 aromatic heterocycles. The van der Waals surface area contributed by atoms with E-state index in [9.17, 15) is 9.18 Å². The first-order valence-electron chi connectivity index (χ1n) is 7.91. The van der Waals surface area contributed by atoms with Crippen LogP contribution in [-0.4, -0.2) is 41.5 Å². The van der Waals surface area contributed by atoms with Crippen molar-refractivity contribution in [3.8, 4) is 5.75 Å². The zero-order valence-electron chi connectivity index (χ0n) is 13.7. The van der Waals surface area contributed by atoms with Gasteiger partial charge in [-0.2, -0.15) is 0 Å². The molecule has 0 saturated carbocycles. The molecule has 1 aromatic carbocycles. The molecule has 128 valence electrons. The van der Waals surface area contributed by atoms with Crippen molar-refractivity contribution in [1.29, 1.82) is 0 Å². The van der Waals surface area contributed by atoms with Crippen LogP contribution in [0.1, 0.15) is 27.3 Å². The molecule has 2 aromatic rings. The van der Waals surface area contributed by atoms with Crippen molar-refractivity contribution < 1.29 is 13.9 Å². The number of benzene rings is 1. The van der Waals surface area contributed by atoms with E-state index in [0.29, 0.717) is 17.2 Å². The van der Waals surface area contributed by atoms with Crippen LogP contribution in [-0.2, 0) is 6.61 Å². The van der Waals surface area contributed by atoms with Crippen molar-refractivity contribution in [2.75, 3.05) is 19.6 Å². The number of hydrogen-bond donors (Lipinski definition) is 1. The number of amides is 1. The first kappa shape index (κ1) is 16.9. The molecule has 0 bridgehead atoms. The maximum Gasteiger partial charge on any atom is 0.266 e. The zero-order valence-corrected chi connectivity index (χ0v) is 14.5. The number of ether oxygens (including phenoxy) is 1. The molecular weight excluding hydrogens is 329 g/mol. The standard InChI is InChI=1S/C17H20FN3O2S/c1-11-9-19-7-8-21(11)17(22)16-12(2)20-15(24-16)10-23-14-5-3-13(18)4-6-14/h3-6,11,19H,7-10H2,1-2H3. The Hall–Kier alpha value is -1.99. The summed E-state index contributed by atoms with van der Waals surface area (Å²) in [6.45, 7) is 6.48. The van der Waals surface area contributed by atoms with E-state index in [0.717, 1.165) is 23.8 Å². The third kappa shape index (κ3) is 3.73. The molecule has 1 unspecified atom stereocenters. The van der Waals surface area contributed by atoms with Crippen LogP contribution in [0, 0.1) is 12.7 Å². The lowest BCUT2D eigenvalue weighted by Crippen LogP contribution is -2.52. The molecule has 7 heteroatoms. The van der Waals surface area contributed by atoms with Crippen molar-refractivity contribution in [2.24, 2.45) is 0 Å². The normalized spacial score (nSPS) is 17.8. The minimum atomic E-state index is -0.300. The summed E-state index contributed by atoms with van der Waals surface area (Å²) in [4.78, 5) is 19.7. The van der Waals surface area contributed by atoms with E-state index in [1.54, 1.807) is 12.1 Å². The van der Waals surface area contributed by atoms with Crippen molar-refractivity contribution in [3.63, 3.8) is 0 Å². The van der Waals surface area contributed by atoms with E-state index >= 15 is 0 Å². The maximum atomic E-state index is 12.9. The number of nitrogens with one attached hydrogen (secondary N) is 1. The van der Waals surface area contributed by atoms with Gasteiger partial charge in [0, 0.05) is 25.7 Å². The van der Waals surface area contributed by atoms with Crippen LogP contribution in [0.4, 0.5) is 4.39 Å². The van der Waals surface area contributed by atoms with E-state index in [1.807, 2.05) is 18.7 Å². The van der Waals surface area contributed by atoms with Gasteiger partial charge < -0.3 is 15.0 Å². The Morgan fingerprint density at radius 1 is 1.46 bits per heavy atom. The number of carbonyl (C=O) groups is 1. The van der Waals surface area contributed by atoms with Gasteiger partial charge in [0.2, 0.25) is 0 Å². The largest absolute Gasteiger partial charge is 0.486 e. The van der Waals surface area contributed by atoms with E-state index in [1.165, 1.54) is 23.5 Å². The van der Waals surface area contributed by atoms with Crippen LogP contribution in [0.25, 0.3) is 0 Å². The average Bonchev–Trinajstić information content (AvgIpc) is 2.95. The summed E-state index contributed by atoms with van der Waals surface area (Å²) in [6, 6.07) is 6.02. The second kappa shape index (κ2) is 7.27. The van der Waals surface area contributed by atoms with Crippen molar-refractivity contribution in [3.05, 3.63) is 45.7 Å². The molecule has 1 atom stereocenters. The van der Waals surface area contributed by atoms with Gasteiger partial charge in [-0.05, 0) is 38.1 Å². The number of halogens is 1. The van der Waals surface area contributed by atoms with E-state index in [-0.39, 0.29) is 24.4 Å². The molecule has 1 aliphatic rings. The number of nitrogens with zero attached hydrogens (tertiary/aromatic N) is 2. The van der Waals surface area contributed by atoms with Crippen LogP contribution in [0.3, 0.4) is 0 Å². The van der Waals surface area contributed by atoms with Crippen molar-refractivity contribution >= 4 is 17.2 Å². The number of thiazole rings is 1. The second-order valence-corrected chi connectivity index (χ2v) is 6.90. The molecule has 1 N–H and O–H groups in total. The molecule has 0 spiro atoms. The Balaban J connectivity index is 1.68. The molecule has 24 heavy (non-hydrogen) atoms.